The molecule has 0 radical (unpaired) electrons. The van der Waals surface area contributed by atoms with E-state index in [1.165, 1.54) is 24.5 Å². The Morgan fingerprint density at radius 3 is 2.81 bits per heavy atom. The number of nitro groups is 1. The number of furan rings is 1. The van der Waals surface area contributed by atoms with Gasteiger partial charge in [0.2, 0.25) is 0 Å². The highest BCUT2D eigenvalue weighted by Crippen LogP contribution is 2.42. The lowest BCUT2D eigenvalue weighted by Crippen LogP contribution is -2.11. The Kier molecular flexibility index (Phi) is 5.70. The monoisotopic (exact) mass is 456 g/mol. The molecule has 0 amide bonds. The molecule has 1 aliphatic heterocycles. The van der Waals surface area contributed by atoms with Gasteiger partial charge in [0.1, 0.15) is 33.2 Å². The fourth-order valence-corrected chi connectivity index (χ4v) is 4.98. The zero-order chi connectivity index (χ0) is 22.1. The Balaban J connectivity index is 1.63. The highest BCUT2D eigenvalue weighted by atomic mass is 32.2. The number of nitro benzene ring substituents is 1. The van der Waals surface area contributed by atoms with Crippen molar-refractivity contribution in [1.82, 2.24) is 10.2 Å². The number of aryl methyl sites for hydroxylation is 1. The van der Waals surface area contributed by atoms with Crippen molar-refractivity contribution in [2.45, 2.75) is 19.3 Å². The normalized spacial score (nSPS) is 17.5. The van der Waals surface area contributed by atoms with Crippen LogP contribution in [0.4, 0.5) is 5.69 Å². The minimum Gasteiger partial charge on any atom is -0.497 e. The van der Waals surface area contributed by atoms with Crippen LogP contribution in [0.15, 0.2) is 39.7 Å². The van der Waals surface area contributed by atoms with Gasteiger partial charge in [0.15, 0.2) is 5.78 Å². The summed E-state index contributed by atoms with van der Waals surface area (Å²) in [7, 11) is 1.43. The molecule has 158 valence electrons. The van der Waals surface area contributed by atoms with Gasteiger partial charge in [-0.1, -0.05) is 18.7 Å². The second-order valence-electron chi connectivity index (χ2n) is 6.50. The SMILES string of the molecule is CCc1nnc([C@H]2C(=N)S/C(=C\c3ccc(-c4ccc(OC)cc4[N+](=O)[O-])o3)C2=O)s1. The summed E-state index contributed by atoms with van der Waals surface area (Å²) in [5.74, 6) is 0.0361. The number of carbonyl (C=O) groups is 1. The predicted molar refractivity (Wildman–Crippen MR) is 118 cm³/mol. The Bertz CT molecular complexity index is 1230. The van der Waals surface area contributed by atoms with Crippen molar-refractivity contribution in [2.75, 3.05) is 7.11 Å². The number of nitrogens with zero attached hydrogens (tertiary/aromatic N) is 3. The summed E-state index contributed by atoms with van der Waals surface area (Å²) in [4.78, 5) is 24.2. The second kappa shape index (κ2) is 8.44. The molecule has 1 saturated heterocycles. The van der Waals surface area contributed by atoms with Crippen LogP contribution in [-0.4, -0.2) is 33.1 Å². The van der Waals surface area contributed by atoms with Crippen molar-refractivity contribution in [3.05, 3.63) is 61.1 Å². The third-order valence-electron chi connectivity index (χ3n) is 4.59. The van der Waals surface area contributed by atoms with E-state index in [9.17, 15) is 14.9 Å². The lowest BCUT2D eigenvalue weighted by molar-refractivity contribution is -0.384. The Morgan fingerprint density at radius 2 is 2.13 bits per heavy atom. The average molecular weight is 457 g/mol. The predicted octanol–water partition coefficient (Wildman–Crippen LogP) is 4.70. The summed E-state index contributed by atoms with van der Waals surface area (Å²) < 4.78 is 10.8. The van der Waals surface area contributed by atoms with Crippen LogP contribution in [0, 0.1) is 15.5 Å². The summed E-state index contributed by atoms with van der Waals surface area (Å²) in [6, 6.07) is 7.71. The van der Waals surface area contributed by atoms with E-state index in [4.69, 9.17) is 14.6 Å². The van der Waals surface area contributed by atoms with Crippen LogP contribution in [0.5, 0.6) is 5.75 Å². The topological polar surface area (TPSA) is 132 Å². The van der Waals surface area contributed by atoms with Crippen LogP contribution < -0.4 is 4.74 Å². The van der Waals surface area contributed by atoms with Crippen molar-refractivity contribution in [2.24, 2.45) is 0 Å². The Labute approximate surface area is 184 Å². The Morgan fingerprint density at radius 1 is 1.32 bits per heavy atom. The molecule has 11 heteroatoms. The van der Waals surface area contributed by atoms with Crippen molar-refractivity contribution < 1.29 is 18.9 Å². The van der Waals surface area contributed by atoms with Crippen LogP contribution >= 0.6 is 23.1 Å². The number of ether oxygens (including phenoxy) is 1. The van der Waals surface area contributed by atoms with Gasteiger partial charge in [-0.3, -0.25) is 20.3 Å². The van der Waals surface area contributed by atoms with Crippen molar-refractivity contribution in [3.8, 4) is 17.1 Å². The van der Waals surface area contributed by atoms with Gasteiger partial charge in [-0.2, -0.15) is 0 Å². The standard InChI is InChI=1S/C20H16N4O5S2/c1-3-16-22-23-20(31-16)17-18(25)15(30-19(17)21)9-11-5-7-14(29-11)12-6-4-10(28-2)8-13(12)24(26)27/h4-9,17,21H,3H2,1-2H3/b15-9-,21-19?/t17-/m1/s1. The quantitative estimate of drug-likeness (QED) is 0.321. The minimum absolute atomic E-state index is 0.149. The van der Waals surface area contributed by atoms with Crippen LogP contribution in [0.1, 0.15) is 28.6 Å². The lowest BCUT2D eigenvalue weighted by atomic mass is 10.1. The number of methoxy groups -OCH3 is 1. The van der Waals surface area contributed by atoms with Crippen molar-refractivity contribution >= 4 is 45.7 Å². The van der Waals surface area contributed by atoms with Crippen LogP contribution in [-0.2, 0) is 11.2 Å². The molecule has 1 fully saturated rings. The first kappa shape index (κ1) is 20.9. The molecule has 1 N–H and O–H groups in total. The molecule has 1 aliphatic rings. The molecule has 0 spiro atoms. The molecular weight excluding hydrogens is 440 g/mol. The van der Waals surface area contributed by atoms with E-state index < -0.39 is 10.8 Å². The van der Waals surface area contributed by atoms with E-state index in [1.807, 2.05) is 6.92 Å². The van der Waals surface area contributed by atoms with Crippen LogP contribution in [0.25, 0.3) is 17.4 Å². The lowest BCUT2D eigenvalue weighted by Gasteiger charge is -2.03. The average Bonchev–Trinajstić information content (AvgIpc) is 3.47. The van der Waals surface area contributed by atoms with E-state index in [0.29, 0.717) is 39.2 Å². The molecule has 2 aromatic heterocycles. The molecule has 0 unspecified atom stereocenters. The number of allylic oxidation sites excluding steroid dienone is 1. The van der Waals surface area contributed by atoms with Gasteiger partial charge in [-0.25, -0.2) is 0 Å². The van der Waals surface area contributed by atoms with Gasteiger partial charge >= 0.3 is 0 Å². The van der Waals surface area contributed by atoms with Gasteiger partial charge in [0.05, 0.1) is 33.6 Å². The summed E-state index contributed by atoms with van der Waals surface area (Å²) >= 11 is 2.39. The zero-order valence-electron chi connectivity index (χ0n) is 16.4. The molecular formula is C20H16N4O5S2. The number of aromatic nitrogens is 2. The highest BCUT2D eigenvalue weighted by molar-refractivity contribution is 8.19. The number of carbonyl (C=O) groups excluding carboxylic acids is 1. The molecule has 0 bridgehead atoms. The summed E-state index contributed by atoms with van der Waals surface area (Å²) in [5.41, 5.74) is 0.150. The third-order valence-corrected chi connectivity index (χ3v) is 6.71. The second-order valence-corrected chi connectivity index (χ2v) is 8.68. The minimum atomic E-state index is -0.744. The molecule has 9 nitrogen and oxygen atoms in total. The first-order chi connectivity index (χ1) is 14.9. The number of rotatable bonds is 6. The van der Waals surface area contributed by atoms with Crippen molar-refractivity contribution in [1.29, 1.82) is 5.41 Å². The molecule has 1 atom stereocenters. The van der Waals surface area contributed by atoms with Gasteiger partial charge in [0.25, 0.3) is 5.69 Å². The smallest absolute Gasteiger partial charge is 0.284 e. The first-order valence-corrected chi connectivity index (χ1v) is 10.8. The number of nitrogens with one attached hydrogen (secondary N) is 1. The number of benzene rings is 1. The first-order valence-electron chi connectivity index (χ1n) is 9.18. The van der Waals surface area contributed by atoms with E-state index >= 15 is 0 Å². The maximum absolute atomic E-state index is 12.9. The van der Waals surface area contributed by atoms with E-state index in [2.05, 4.69) is 10.2 Å². The Hall–Kier alpha value is -3.31. The molecule has 3 heterocycles. The molecule has 4 rings (SSSR count). The highest BCUT2D eigenvalue weighted by Gasteiger charge is 2.39. The van der Waals surface area contributed by atoms with Crippen LogP contribution in [0.3, 0.4) is 0 Å². The number of Topliss-reactive ketones (excluding diaryl/α,β-unsaturated/α-hetero) is 1. The number of hydrogen-bond acceptors (Lipinski definition) is 10. The van der Waals surface area contributed by atoms with Gasteiger partial charge in [-0.05, 0) is 36.8 Å². The molecule has 0 aliphatic carbocycles. The maximum atomic E-state index is 12.9. The molecule has 1 aromatic carbocycles. The van der Waals surface area contributed by atoms with Gasteiger partial charge < -0.3 is 9.15 Å². The van der Waals surface area contributed by atoms with Gasteiger partial charge in [-0.15, -0.1) is 21.5 Å². The molecule has 3 aromatic rings. The van der Waals surface area contributed by atoms with Crippen molar-refractivity contribution in [3.63, 3.8) is 0 Å². The number of hydrogen-bond donors (Lipinski definition) is 1. The fraction of sp³-hybridized carbons (Fsp3) is 0.200. The summed E-state index contributed by atoms with van der Waals surface area (Å²) in [6.07, 6.45) is 2.26. The van der Waals surface area contributed by atoms with E-state index in [-0.39, 0.29) is 16.5 Å². The zero-order valence-corrected chi connectivity index (χ0v) is 18.1. The van der Waals surface area contributed by atoms with E-state index in [1.54, 1.807) is 30.3 Å². The van der Waals surface area contributed by atoms with Crippen LogP contribution in [0.2, 0.25) is 0 Å². The van der Waals surface area contributed by atoms with Gasteiger partial charge in [0, 0.05) is 0 Å². The summed E-state index contributed by atoms with van der Waals surface area (Å²) in [5, 5.41) is 29.3. The molecule has 0 saturated carbocycles. The largest absolute Gasteiger partial charge is 0.497 e. The maximum Gasteiger partial charge on any atom is 0.284 e. The molecule has 31 heavy (non-hydrogen) atoms. The number of ketones is 1. The summed E-state index contributed by atoms with van der Waals surface area (Å²) in [6.45, 7) is 1.95. The third kappa shape index (κ3) is 4.01. The van der Waals surface area contributed by atoms with E-state index in [0.717, 1.165) is 16.8 Å². The fourth-order valence-electron chi connectivity index (χ4n) is 3.04. The number of thioether (sulfide) groups is 1.